The van der Waals surface area contributed by atoms with Gasteiger partial charge in [0.25, 0.3) is 0 Å². The van der Waals surface area contributed by atoms with Gasteiger partial charge in [-0.1, -0.05) is 13.8 Å². The lowest BCUT2D eigenvalue weighted by atomic mass is 9.41. The highest BCUT2D eigenvalue weighted by atomic mass is 16.5. The molecule has 176 valence electrons. The molecule has 3 aliphatic carbocycles. The SMILES string of the molecule is CC(=O)C1(C)C(O)CCC2(C)C3CCC(CC(=O)OCCN(C)C)C(C)C3C(=O)CC21. The van der Waals surface area contributed by atoms with Gasteiger partial charge in [-0.15, -0.1) is 0 Å². The van der Waals surface area contributed by atoms with E-state index >= 15 is 0 Å². The van der Waals surface area contributed by atoms with Crippen LogP contribution in [-0.2, 0) is 19.1 Å². The summed E-state index contributed by atoms with van der Waals surface area (Å²) in [4.78, 5) is 40.4. The molecule has 8 unspecified atom stereocenters. The number of fused-ring (bicyclic) bond motifs is 3. The third-order valence-corrected chi connectivity index (χ3v) is 9.37. The number of carbonyl (C=O) groups is 3. The van der Waals surface area contributed by atoms with Crippen LogP contribution in [0.3, 0.4) is 0 Å². The van der Waals surface area contributed by atoms with Gasteiger partial charge in [0.2, 0.25) is 0 Å². The second kappa shape index (κ2) is 8.93. The lowest BCUT2D eigenvalue weighted by molar-refractivity contribution is -0.186. The van der Waals surface area contributed by atoms with Crippen molar-refractivity contribution in [3.63, 3.8) is 0 Å². The van der Waals surface area contributed by atoms with Gasteiger partial charge in [-0.3, -0.25) is 14.4 Å². The Morgan fingerprint density at radius 1 is 1.19 bits per heavy atom. The number of ether oxygens (including phenoxy) is 1. The minimum Gasteiger partial charge on any atom is -0.464 e. The van der Waals surface area contributed by atoms with Gasteiger partial charge in [-0.2, -0.15) is 0 Å². The second-order valence-electron chi connectivity index (χ2n) is 11.2. The van der Waals surface area contributed by atoms with E-state index in [-0.39, 0.29) is 52.5 Å². The van der Waals surface area contributed by atoms with E-state index in [1.807, 2.05) is 25.9 Å². The Balaban J connectivity index is 1.76. The summed E-state index contributed by atoms with van der Waals surface area (Å²) in [6.07, 6.45) is 3.30. The predicted molar refractivity (Wildman–Crippen MR) is 118 cm³/mol. The van der Waals surface area contributed by atoms with E-state index in [0.717, 1.165) is 19.3 Å². The van der Waals surface area contributed by atoms with Crippen LogP contribution >= 0.6 is 0 Å². The topological polar surface area (TPSA) is 83.9 Å². The molecule has 0 aromatic rings. The molecule has 0 aliphatic heterocycles. The Morgan fingerprint density at radius 2 is 1.87 bits per heavy atom. The molecule has 31 heavy (non-hydrogen) atoms. The third kappa shape index (κ3) is 4.22. The molecule has 0 saturated heterocycles. The van der Waals surface area contributed by atoms with E-state index in [0.29, 0.717) is 32.4 Å². The lowest BCUT2D eigenvalue weighted by Gasteiger charge is -2.62. The van der Waals surface area contributed by atoms with Crippen molar-refractivity contribution in [2.24, 2.45) is 40.4 Å². The van der Waals surface area contributed by atoms with Gasteiger partial charge in [0.1, 0.15) is 18.2 Å². The zero-order valence-corrected chi connectivity index (χ0v) is 20.1. The number of carbonyl (C=O) groups excluding carboxylic acids is 3. The molecule has 0 bridgehead atoms. The molecule has 6 nitrogen and oxygen atoms in total. The molecular weight excluding hydrogens is 394 g/mol. The Kier molecular flexibility index (Phi) is 7.02. The fourth-order valence-electron chi connectivity index (χ4n) is 7.20. The summed E-state index contributed by atoms with van der Waals surface area (Å²) in [5, 5.41) is 10.7. The maximum atomic E-state index is 13.4. The van der Waals surface area contributed by atoms with Crippen molar-refractivity contribution in [2.75, 3.05) is 27.2 Å². The number of esters is 1. The molecule has 0 aromatic carbocycles. The third-order valence-electron chi connectivity index (χ3n) is 9.37. The largest absolute Gasteiger partial charge is 0.464 e. The van der Waals surface area contributed by atoms with Gasteiger partial charge in [0.05, 0.1) is 11.5 Å². The summed E-state index contributed by atoms with van der Waals surface area (Å²) in [6.45, 7) is 8.90. The van der Waals surface area contributed by atoms with Crippen molar-refractivity contribution in [3.8, 4) is 0 Å². The van der Waals surface area contributed by atoms with Crippen LogP contribution in [0.5, 0.6) is 0 Å². The first-order valence-electron chi connectivity index (χ1n) is 11.9. The highest BCUT2D eigenvalue weighted by molar-refractivity contribution is 5.87. The number of hydrogen-bond acceptors (Lipinski definition) is 6. The van der Waals surface area contributed by atoms with E-state index in [2.05, 4.69) is 13.8 Å². The van der Waals surface area contributed by atoms with Gasteiger partial charge in [0, 0.05) is 25.3 Å². The standard InChI is InChI=1S/C25H41NO5/c1-15-17(13-22(30)31-12-11-26(5)6)7-8-18-23(15)19(28)14-20-24(18,3)10-9-21(29)25(20,4)16(2)27/h15,17-18,20-21,23,29H,7-14H2,1-6H3. The molecule has 8 atom stereocenters. The van der Waals surface area contributed by atoms with Crippen molar-refractivity contribution < 1.29 is 24.2 Å². The summed E-state index contributed by atoms with van der Waals surface area (Å²) in [5.74, 6) is 0.342. The summed E-state index contributed by atoms with van der Waals surface area (Å²) in [6, 6.07) is 0. The van der Waals surface area contributed by atoms with Crippen LogP contribution < -0.4 is 0 Å². The van der Waals surface area contributed by atoms with E-state index in [1.165, 1.54) is 0 Å². The second-order valence-corrected chi connectivity index (χ2v) is 11.2. The Morgan fingerprint density at radius 3 is 2.48 bits per heavy atom. The Hall–Kier alpha value is -1.27. The van der Waals surface area contributed by atoms with Crippen molar-refractivity contribution in [1.82, 2.24) is 4.90 Å². The number of likely N-dealkylation sites (N-methyl/N-ethyl adjacent to an activating group) is 1. The average molecular weight is 436 g/mol. The number of nitrogens with zero attached hydrogens (tertiary/aromatic N) is 1. The number of Topliss-reactive ketones (excluding diaryl/α,β-unsaturated/α-hetero) is 2. The Bertz CT molecular complexity index is 721. The van der Waals surface area contributed by atoms with Crippen molar-refractivity contribution in [1.29, 1.82) is 0 Å². The van der Waals surface area contributed by atoms with Crippen LogP contribution in [0.1, 0.15) is 66.2 Å². The number of hydrogen-bond donors (Lipinski definition) is 1. The summed E-state index contributed by atoms with van der Waals surface area (Å²) in [5.41, 5.74) is -0.992. The van der Waals surface area contributed by atoms with E-state index in [1.54, 1.807) is 6.92 Å². The van der Waals surface area contributed by atoms with Gasteiger partial charge in [-0.05, 0) is 82.7 Å². The number of aliphatic hydroxyl groups is 1. The van der Waals surface area contributed by atoms with Crippen molar-refractivity contribution >= 4 is 17.5 Å². The monoisotopic (exact) mass is 435 g/mol. The van der Waals surface area contributed by atoms with Crippen LogP contribution in [0.15, 0.2) is 0 Å². The molecule has 0 aromatic heterocycles. The molecule has 3 aliphatic rings. The van der Waals surface area contributed by atoms with Crippen LogP contribution in [0, 0.1) is 40.4 Å². The molecule has 0 spiro atoms. The number of rotatable bonds is 6. The van der Waals surface area contributed by atoms with Gasteiger partial charge < -0.3 is 14.7 Å². The first-order chi connectivity index (χ1) is 14.4. The smallest absolute Gasteiger partial charge is 0.306 e. The first kappa shape index (κ1) is 24.4. The molecule has 6 heteroatoms. The molecular formula is C25H41NO5. The maximum Gasteiger partial charge on any atom is 0.306 e. The zero-order valence-electron chi connectivity index (χ0n) is 20.1. The normalized spacial score (nSPS) is 42.6. The van der Waals surface area contributed by atoms with Gasteiger partial charge in [0.15, 0.2) is 0 Å². The first-order valence-corrected chi connectivity index (χ1v) is 11.9. The predicted octanol–water partition coefficient (Wildman–Crippen LogP) is 3.11. The molecule has 3 fully saturated rings. The van der Waals surface area contributed by atoms with Crippen LogP contribution in [-0.4, -0.2) is 60.9 Å². The number of ketones is 2. The minimum atomic E-state index is -0.857. The van der Waals surface area contributed by atoms with Gasteiger partial charge in [-0.25, -0.2) is 0 Å². The summed E-state index contributed by atoms with van der Waals surface area (Å²) < 4.78 is 5.41. The van der Waals surface area contributed by atoms with E-state index in [9.17, 15) is 19.5 Å². The molecule has 0 radical (unpaired) electrons. The van der Waals surface area contributed by atoms with Gasteiger partial charge >= 0.3 is 5.97 Å². The average Bonchev–Trinajstić information content (AvgIpc) is 2.68. The van der Waals surface area contributed by atoms with Crippen LogP contribution in [0.4, 0.5) is 0 Å². The lowest BCUT2D eigenvalue weighted by Crippen LogP contribution is -2.63. The van der Waals surface area contributed by atoms with E-state index < -0.39 is 11.5 Å². The molecule has 3 rings (SSSR count). The molecule has 1 N–H and O–H groups in total. The van der Waals surface area contributed by atoms with Crippen molar-refractivity contribution in [2.45, 2.75) is 72.3 Å². The Labute approximate surface area is 187 Å². The quantitative estimate of drug-likeness (QED) is 0.646. The summed E-state index contributed by atoms with van der Waals surface area (Å²) >= 11 is 0. The van der Waals surface area contributed by atoms with Crippen LogP contribution in [0.2, 0.25) is 0 Å². The summed E-state index contributed by atoms with van der Waals surface area (Å²) in [7, 11) is 3.89. The minimum absolute atomic E-state index is 0.00983. The fourth-order valence-corrected chi connectivity index (χ4v) is 7.20. The van der Waals surface area contributed by atoms with Crippen molar-refractivity contribution in [3.05, 3.63) is 0 Å². The fraction of sp³-hybridized carbons (Fsp3) is 0.880. The van der Waals surface area contributed by atoms with E-state index in [4.69, 9.17) is 4.74 Å². The number of aliphatic hydroxyl groups excluding tert-OH is 1. The maximum absolute atomic E-state index is 13.4. The molecule has 0 amide bonds. The molecule has 0 heterocycles. The highest BCUT2D eigenvalue weighted by Gasteiger charge is 2.64. The van der Waals surface area contributed by atoms with Crippen LogP contribution in [0.25, 0.3) is 0 Å². The zero-order chi connectivity index (χ0) is 23.1. The highest BCUT2D eigenvalue weighted by Crippen LogP contribution is 2.64. The molecule has 3 saturated carbocycles.